The summed E-state index contributed by atoms with van der Waals surface area (Å²) in [6.07, 6.45) is 7.10. The summed E-state index contributed by atoms with van der Waals surface area (Å²) < 4.78 is 2.32. The molecule has 4 heteroatoms. The monoisotopic (exact) mass is 206 g/mol. The fourth-order valence-corrected chi connectivity index (χ4v) is 2.94. The average Bonchev–Trinajstić information content (AvgIpc) is 2.77. The Morgan fingerprint density at radius 1 is 1.20 bits per heavy atom. The molecule has 82 valence electrons. The summed E-state index contributed by atoms with van der Waals surface area (Å²) in [5, 5.41) is 8.62. The van der Waals surface area contributed by atoms with Gasteiger partial charge in [-0.1, -0.05) is 6.42 Å². The number of hydrogen-bond donors (Lipinski definition) is 1. The van der Waals surface area contributed by atoms with E-state index in [0.717, 1.165) is 19.4 Å². The minimum atomic E-state index is 0.373. The summed E-state index contributed by atoms with van der Waals surface area (Å²) in [6, 6.07) is 0.373. The van der Waals surface area contributed by atoms with E-state index in [1.54, 1.807) is 0 Å². The third kappa shape index (κ3) is 1.57. The molecule has 3 rings (SSSR count). The van der Waals surface area contributed by atoms with Crippen molar-refractivity contribution < 1.29 is 0 Å². The molecular weight excluding hydrogens is 188 g/mol. The van der Waals surface area contributed by atoms with Crippen LogP contribution in [0.5, 0.6) is 0 Å². The Kier molecular flexibility index (Phi) is 2.24. The molecule has 4 nitrogen and oxygen atoms in total. The van der Waals surface area contributed by atoms with Gasteiger partial charge < -0.3 is 10.3 Å². The number of fused-ring (bicyclic) bond motifs is 1. The molecule has 15 heavy (non-hydrogen) atoms. The molecule has 1 saturated carbocycles. The first-order valence-corrected chi connectivity index (χ1v) is 6.02. The molecule has 1 aliphatic heterocycles. The van der Waals surface area contributed by atoms with Gasteiger partial charge in [-0.05, 0) is 25.7 Å². The third-order valence-corrected chi connectivity index (χ3v) is 3.72. The number of aryl methyl sites for hydroxylation is 1. The van der Waals surface area contributed by atoms with Gasteiger partial charge >= 0.3 is 0 Å². The van der Waals surface area contributed by atoms with Crippen molar-refractivity contribution >= 4 is 0 Å². The van der Waals surface area contributed by atoms with E-state index in [4.69, 9.17) is 5.73 Å². The number of nitrogens with two attached hydrogens (primary N) is 1. The minimum absolute atomic E-state index is 0.373. The standard InChI is InChI=1S/C11H18N4/c12-9-4-1-3-8(7-9)11-14-13-10-5-2-6-15(10)11/h8-9H,1-7,12H2. The van der Waals surface area contributed by atoms with Crippen molar-refractivity contribution in [2.75, 3.05) is 0 Å². The van der Waals surface area contributed by atoms with Crippen LogP contribution in [0.2, 0.25) is 0 Å². The molecule has 2 aliphatic rings. The molecule has 1 aromatic rings. The van der Waals surface area contributed by atoms with Gasteiger partial charge in [0, 0.05) is 24.9 Å². The summed E-state index contributed by atoms with van der Waals surface area (Å²) in [5.74, 6) is 2.95. The van der Waals surface area contributed by atoms with Crippen LogP contribution in [-0.2, 0) is 13.0 Å². The van der Waals surface area contributed by atoms with E-state index >= 15 is 0 Å². The Hall–Kier alpha value is -0.900. The molecule has 2 atom stereocenters. The Morgan fingerprint density at radius 2 is 2.13 bits per heavy atom. The second-order valence-corrected chi connectivity index (χ2v) is 4.85. The Balaban J connectivity index is 1.85. The van der Waals surface area contributed by atoms with E-state index in [1.165, 1.54) is 37.3 Å². The van der Waals surface area contributed by atoms with Crippen LogP contribution < -0.4 is 5.73 Å². The highest BCUT2D eigenvalue weighted by molar-refractivity contribution is 5.07. The minimum Gasteiger partial charge on any atom is -0.328 e. The number of rotatable bonds is 1. The second kappa shape index (κ2) is 3.59. The topological polar surface area (TPSA) is 56.7 Å². The number of hydrogen-bond acceptors (Lipinski definition) is 3. The lowest BCUT2D eigenvalue weighted by atomic mass is 9.85. The van der Waals surface area contributed by atoms with Crippen molar-refractivity contribution in [2.45, 2.75) is 57.0 Å². The summed E-state index contributed by atoms with van der Waals surface area (Å²) >= 11 is 0. The predicted molar refractivity (Wildman–Crippen MR) is 57.5 cm³/mol. The first-order valence-electron chi connectivity index (χ1n) is 6.02. The van der Waals surface area contributed by atoms with E-state index in [-0.39, 0.29) is 0 Å². The van der Waals surface area contributed by atoms with Gasteiger partial charge in [0.2, 0.25) is 0 Å². The van der Waals surface area contributed by atoms with Crippen molar-refractivity contribution in [2.24, 2.45) is 5.73 Å². The largest absolute Gasteiger partial charge is 0.328 e. The van der Waals surface area contributed by atoms with Gasteiger partial charge in [-0.25, -0.2) is 0 Å². The van der Waals surface area contributed by atoms with E-state index in [1.807, 2.05) is 0 Å². The first-order chi connectivity index (χ1) is 7.34. The molecule has 2 unspecified atom stereocenters. The zero-order valence-corrected chi connectivity index (χ0v) is 9.02. The maximum atomic E-state index is 6.02. The van der Waals surface area contributed by atoms with Crippen LogP contribution >= 0.6 is 0 Å². The predicted octanol–water partition coefficient (Wildman–Crippen LogP) is 1.21. The van der Waals surface area contributed by atoms with Gasteiger partial charge in [0.25, 0.3) is 0 Å². The molecule has 2 N–H and O–H groups in total. The highest BCUT2D eigenvalue weighted by atomic mass is 15.3. The van der Waals surface area contributed by atoms with Gasteiger partial charge in [-0.2, -0.15) is 0 Å². The van der Waals surface area contributed by atoms with E-state index in [0.29, 0.717) is 12.0 Å². The molecular formula is C11H18N4. The van der Waals surface area contributed by atoms with Crippen LogP contribution in [0.25, 0.3) is 0 Å². The van der Waals surface area contributed by atoms with Crippen LogP contribution in [0, 0.1) is 0 Å². The van der Waals surface area contributed by atoms with Gasteiger partial charge in [-0.15, -0.1) is 10.2 Å². The summed E-state index contributed by atoms with van der Waals surface area (Å²) in [4.78, 5) is 0. The smallest absolute Gasteiger partial charge is 0.136 e. The van der Waals surface area contributed by atoms with Crippen molar-refractivity contribution in [1.82, 2.24) is 14.8 Å². The van der Waals surface area contributed by atoms with E-state index < -0.39 is 0 Å². The quantitative estimate of drug-likeness (QED) is 0.751. The lowest BCUT2D eigenvalue weighted by Crippen LogP contribution is -2.28. The fraction of sp³-hybridized carbons (Fsp3) is 0.818. The molecule has 0 saturated heterocycles. The molecule has 0 radical (unpaired) electrons. The summed E-state index contributed by atoms with van der Waals surface area (Å²) in [6.45, 7) is 1.11. The van der Waals surface area contributed by atoms with Crippen LogP contribution in [0.3, 0.4) is 0 Å². The molecule has 2 heterocycles. The highest BCUT2D eigenvalue weighted by Crippen LogP contribution is 2.32. The van der Waals surface area contributed by atoms with Gasteiger partial charge in [0.1, 0.15) is 11.6 Å². The number of nitrogens with zero attached hydrogens (tertiary/aromatic N) is 3. The van der Waals surface area contributed by atoms with Crippen molar-refractivity contribution in [1.29, 1.82) is 0 Å². The molecule has 1 aromatic heterocycles. The third-order valence-electron chi connectivity index (χ3n) is 3.72. The summed E-state index contributed by atoms with van der Waals surface area (Å²) in [5.41, 5.74) is 6.02. The van der Waals surface area contributed by atoms with Crippen molar-refractivity contribution in [3.8, 4) is 0 Å². The lowest BCUT2D eigenvalue weighted by molar-refractivity contribution is 0.373. The molecule has 0 amide bonds. The lowest BCUT2D eigenvalue weighted by Gasteiger charge is -2.25. The van der Waals surface area contributed by atoms with Crippen LogP contribution in [-0.4, -0.2) is 20.8 Å². The highest BCUT2D eigenvalue weighted by Gasteiger charge is 2.27. The van der Waals surface area contributed by atoms with Crippen molar-refractivity contribution in [3.63, 3.8) is 0 Å². The fourth-order valence-electron chi connectivity index (χ4n) is 2.94. The van der Waals surface area contributed by atoms with Crippen LogP contribution in [0.1, 0.15) is 49.7 Å². The summed E-state index contributed by atoms with van der Waals surface area (Å²) in [7, 11) is 0. The average molecular weight is 206 g/mol. The molecule has 0 aromatic carbocycles. The first kappa shape index (κ1) is 9.33. The Bertz CT molecular complexity index is 357. The Labute approximate surface area is 89.9 Å². The second-order valence-electron chi connectivity index (χ2n) is 4.85. The van der Waals surface area contributed by atoms with Crippen LogP contribution in [0.15, 0.2) is 0 Å². The SMILES string of the molecule is NC1CCCC(c2nnc3n2CCC3)C1. The molecule has 1 fully saturated rings. The maximum Gasteiger partial charge on any atom is 0.136 e. The van der Waals surface area contributed by atoms with E-state index in [2.05, 4.69) is 14.8 Å². The van der Waals surface area contributed by atoms with Gasteiger partial charge in [0.05, 0.1) is 0 Å². The Morgan fingerprint density at radius 3 is 3.00 bits per heavy atom. The zero-order valence-electron chi connectivity index (χ0n) is 9.02. The molecule has 1 aliphatic carbocycles. The van der Waals surface area contributed by atoms with E-state index in [9.17, 15) is 0 Å². The molecule has 0 spiro atoms. The normalized spacial score (nSPS) is 30.5. The molecule has 0 bridgehead atoms. The zero-order chi connectivity index (χ0) is 10.3. The van der Waals surface area contributed by atoms with Gasteiger partial charge in [-0.3, -0.25) is 0 Å². The number of aromatic nitrogens is 3. The maximum absolute atomic E-state index is 6.02. The van der Waals surface area contributed by atoms with Gasteiger partial charge in [0.15, 0.2) is 0 Å². The van der Waals surface area contributed by atoms with Crippen LogP contribution in [0.4, 0.5) is 0 Å². The van der Waals surface area contributed by atoms with Crippen molar-refractivity contribution in [3.05, 3.63) is 11.6 Å².